The molecule has 146 valence electrons. The summed E-state index contributed by atoms with van der Waals surface area (Å²) in [6.45, 7) is 0.111. The van der Waals surface area contributed by atoms with E-state index in [1.807, 2.05) is 6.92 Å². The number of benzene rings is 1. The van der Waals surface area contributed by atoms with Gasteiger partial charge in [0.1, 0.15) is 6.54 Å². The Hall–Kier alpha value is -2.42. The number of likely N-dealkylation sites (N-methyl/N-ethyl adjacent to an activating group) is 1. The Labute approximate surface area is 151 Å². The van der Waals surface area contributed by atoms with E-state index in [-0.39, 0.29) is 18.0 Å². The summed E-state index contributed by atoms with van der Waals surface area (Å²) in [6, 6.07) is 4.09. The second-order valence-corrected chi connectivity index (χ2v) is 5.83. The van der Waals surface area contributed by atoms with E-state index in [1.165, 1.54) is 13.2 Å². The fourth-order valence-corrected chi connectivity index (χ4v) is 2.29. The van der Waals surface area contributed by atoms with Crippen LogP contribution in [-0.4, -0.2) is 45.8 Å². The summed E-state index contributed by atoms with van der Waals surface area (Å²) in [5, 5.41) is 4.87. The highest BCUT2D eigenvalue weighted by Gasteiger charge is 2.16. The minimum absolute atomic E-state index is 0.0506. The molecule has 3 amide bonds. The van der Waals surface area contributed by atoms with E-state index in [9.17, 15) is 18.4 Å². The number of nitrogens with one attached hydrogen (secondary N) is 3. The quantitative estimate of drug-likeness (QED) is 0.533. The second kappa shape index (κ2) is 11.2. The molecule has 0 heterocycles. The van der Waals surface area contributed by atoms with Crippen molar-refractivity contribution in [1.82, 2.24) is 10.6 Å². The number of alkyl halides is 2. The number of carbonyl (C=O) groups is 2. The Bertz CT molecular complexity index is 599. The van der Waals surface area contributed by atoms with Crippen molar-refractivity contribution in [2.45, 2.75) is 32.9 Å². The summed E-state index contributed by atoms with van der Waals surface area (Å²) in [4.78, 5) is 24.2. The van der Waals surface area contributed by atoms with Crippen molar-refractivity contribution >= 4 is 11.9 Å². The molecule has 0 aromatic heterocycles. The predicted molar refractivity (Wildman–Crippen MR) is 91.5 cm³/mol. The van der Waals surface area contributed by atoms with Crippen LogP contribution in [0.15, 0.2) is 18.2 Å². The Morgan fingerprint density at radius 3 is 2.62 bits per heavy atom. The van der Waals surface area contributed by atoms with Crippen LogP contribution in [0.5, 0.6) is 11.5 Å². The lowest BCUT2D eigenvalue weighted by Crippen LogP contribution is -3.09. The number of carbonyl (C=O) groups excluding carboxylic acids is 2. The number of halogens is 2. The van der Waals surface area contributed by atoms with Gasteiger partial charge in [-0.3, -0.25) is 10.1 Å². The number of imide groups is 1. The minimum Gasteiger partial charge on any atom is -0.493 e. The number of rotatable bonds is 10. The highest BCUT2D eigenvalue weighted by Crippen LogP contribution is 2.29. The van der Waals surface area contributed by atoms with Gasteiger partial charge in [0, 0.05) is 12.1 Å². The molecule has 9 heteroatoms. The van der Waals surface area contributed by atoms with Crippen molar-refractivity contribution in [3.63, 3.8) is 0 Å². The van der Waals surface area contributed by atoms with E-state index < -0.39 is 18.5 Å². The summed E-state index contributed by atoms with van der Waals surface area (Å²) in [7, 11) is 3.14. The van der Waals surface area contributed by atoms with Crippen LogP contribution in [-0.2, 0) is 11.3 Å². The number of unbranched alkanes of at least 4 members (excludes halogenated alkanes) is 1. The SMILES string of the molecule is CCCCNC(=O)NC(=O)C[NH+](C)Cc1ccc(OC(F)F)c(OC)c1. The summed E-state index contributed by atoms with van der Waals surface area (Å²) in [5.74, 6) is -0.262. The highest BCUT2D eigenvalue weighted by molar-refractivity contribution is 5.94. The van der Waals surface area contributed by atoms with Gasteiger partial charge in [0.15, 0.2) is 18.0 Å². The van der Waals surface area contributed by atoms with Gasteiger partial charge >= 0.3 is 12.6 Å². The third-order valence-corrected chi connectivity index (χ3v) is 3.48. The van der Waals surface area contributed by atoms with Gasteiger partial charge < -0.3 is 19.7 Å². The van der Waals surface area contributed by atoms with Crippen molar-refractivity contribution in [3.05, 3.63) is 23.8 Å². The molecule has 7 nitrogen and oxygen atoms in total. The molecule has 0 aliphatic heterocycles. The number of quaternary nitrogens is 1. The summed E-state index contributed by atoms with van der Waals surface area (Å²) < 4.78 is 34.1. The summed E-state index contributed by atoms with van der Waals surface area (Å²) >= 11 is 0. The zero-order chi connectivity index (χ0) is 19.5. The zero-order valence-electron chi connectivity index (χ0n) is 15.2. The molecule has 26 heavy (non-hydrogen) atoms. The molecule has 1 rings (SSSR count). The zero-order valence-corrected chi connectivity index (χ0v) is 15.2. The van der Waals surface area contributed by atoms with Crippen molar-refractivity contribution in [1.29, 1.82) is 0 Å². The summed E-state index contributed by atoms with van der Waals surface area (Å²) in [5.41, 5.74) is 0.779. The molecule has 0 saturated heterocycles. The molecule has 0 radical (unpaired) electrons. The van der Waals surface area contributed by atoms with Crippen LogP contribution >= 0.6 is 0 Å². The molecule has 0 spiro atoms. The Morgan fingerprint density at radius 1 is 1.27 bits per heavy atom. The van der Waals surface area contributed by atoms with Crippen molar-refractivity contribution in [2.75, 3.05) is 27.2 Å². The molecule has 1 aromatic carbocycles. The first-order valence-electron chi connectivity index (χ1n) is 8.36. The highest BCUT2D eigenvalue weighted by atomic mass is 19.3. The van der Waals surface area contributed by atoms with Crippen molar-refractivity contribution < 1.29 is 32.7 Å². The molecule has 0 aliphatic rings. The normalized spacial score (nSPS) is 11.8. The lowest BCUT2D eigenvalue weighted by molar-refractivity contribution is -0.885. The minimum atomic E-state index is -2.93. The first-order valence-corrected chi connectivity index (χ1v) is 8.36. The number of ether oxygens (including phenoxy) is 2. The van der Waals surface area contributed by atoms with Gasteiger partial charge in [0.05, 0.1) is 14.2 Å². The van der Waals surface area contributed by atoms with E-state index in [0.29, 0.717) is 13.1 Å². The third kappa shape index (κ3) is 8.11. The van der Waals surface area contributed by atoms with Crippen LogP contribution in [0.25, 0.3) is 0 Å². The molecule has 0 fully saturated rings. The van der Waals surface area contributed by atoms with E-state index in [2.05, 4.69) is 15.4 Å². The third-order valence-electron chi connectivity index (χ3n) is 3.48. The topological polar surface area (TPSA) is 81.1 Å². The molecule has 1 aromatic rings. The largest absolute Gasteiger partial charge is 0.493 e. The maximum absolute atomic E-state index is 12.3. The van der Waals surface area contributed by atoms with Crippen molar-refractivity contribution in [2.24, 2.45) is 0 Å². The van der Waals surface area contributed by atoms with Gasteiger partial charge in [-0.2, -0.15) is 8.78 Å². The van der Waals surface area contributed by atoms with Crippen LogP contribution in [0.2, 0.25) is 0 Å². The van der Waals surface area contributed by atoms with E-state index in [1.54, 1.807) is 19.2 Å². The van der Waals surface area contributed by atoms with Gasteiger partial charge in [0.2, 0.25) is 0 Å². The fraction of sp³-hybridized carbons (Fsp3) is 0.529. The van der Waals surface area contributed by atoms with Crippen LogP contribution in [0.4, 0.5) is 13.6 Å². The molecular weight excluding hydrogens is 348 g/mol. The fourth-order valence-electron chi connectivity index (χ4n) is 2.29. The second-order valence-electron chi connectivity index (χ2n) is 5.83. The lowest BCUT2D eigenvalue weighted by atomic mass is 10.2. The lowest BCUT2D eigenvalue weighted by Gasteiger charge is -2.15. The van der Waals surface area contributed by atoms with Crippen molar-refractivity contribution in [3.8, 4) is 11.5 Å². The van der Waals surface area contributed by atoms with Gasteiger partial charge in [-0.25, -0.2) is 4.79 Å². The maximum Gasteiger partial charge on any atom is 0.387 e. The molecule has 1 unspecified atom stereocenters. The number of hydrogen-bond acceptors (Lipinski definition) is 4. The molecule has 0 saturated carbocycles. The van der Waals surface area contributed by atoms with Crippen LogP contribution in [0.3, 0.4) is 0 Å². The van der Waals surface area contributed by atoms with Gasteiger partial charge in [-0.15, -0.1) is 0 Å². The monoisotopic (exact) mass is 374 g/mol. The molecule has 0 bridgehead atoms. The van der Waals surface area contributed by atoms with Crippen LogP contribution in [0.1, 0.15) is 25.3 Å². The Kier molecular flexibility index (Phi) is 9.35. The Balaban J connectivity index is 2.52. The standard InChI is InChI=1S/C17H25F2N3O4/c1-4-5-8-20-17(24)21-15(23)11-22(2)10-12-6-7-13(26-16(18)19)14(9-12)25-3/h6-7,9,16H,4-5,8,10-11H2,1-3H3,(H2,20,21,23,24)/p+1. The van der Waals surface area contributed by atoms with E-state index >= 15 is 0 Å². The Morgan fingerprint density at radius 2 is 2.00 bits per heavy atom. The van der Waals surface area contributed by atoms with Gasteiger partial charge in [-0.05, 0) is 24.6 Å². The number of amides is 3. The number of hydrogen-bond donors (Lipinski definition) is 3. The molecular formula is C17H26F2N3O4+. The van der Waals surface area contributed by atoms with E-state index in [4.69, 9.17) is 4.74 Å². The number of urea groups is 1. The van der Waals surface area contributed by atoms with Crippen LogP contribution < -0.4 is 25.0 Å². The molecule has 1 atom stereocenters. The first-order chi connectivity index (χ1) is 12.3. The van der Waals surface area contributed by atoms with E-state index in [0.717, 1.165) is 23.3 Å². The number of methoxy groups -OCH3 is 1. The predicted octanol–water partition coefficient (Wildman–Crippen LogP) is 0.937. The first kappa shape index (κ1) is 21.6. The summed E-state index contributed by atoms with van der Waals surface area (Å²) in [6.07, 6.45) is 1.80. The average molecular weight is 374 g/mol. The van der Waals surface area contributed by atoms with Crippen LogP contribution in [0, 0.1) is 0 Å². The molecule has 3 N–H and O–H groups in total. The maximum atomic E-state index is 12.3. The van der Waals surface area contributed by atoms with Gasteiger partial charge in [-0.1, -0.05) is 13.3 Å². The smallest absolute Gasteiger partial charge is 0.387 e. The molecule has 0 aliphatic carbocycles. The average Bonchev–Trinajstić information content (AvgIpc) is 2.55. The van der Waals surface area contributed by atoms with Gasteiger partial charge in [0.25, 0.3) is 5.91 Å².